The molecule has 2 aliphatic rings. The third-order valence-corrected chi connectivity index (χ3v) is 7.13. The highest BCUT2D eigenvalue weighted by Gasteiger charge is 2.39. The number of nitro groups is 1. The second-order valence-corrected chi connectivity index (χ2v) is 9.65. The van der Waals surface area contributed by atoms with Crippen molar-refractivity contribution in [3.05, 3.63) is 39.4 Å². The van der Waals surface area contributed by atoms with E-state index >= 15 is 0 Å². The van der Waals surface area contributed by atoms with E-state index in [0.717, 1.165) is 17.3 Å². The molecule has 0 aliphatic carbocycles. The number of ether oxygens (including phenoxy) is 1. The summed E-state index contributed by atoms with van der Waals surface area (Å²) >= 11 is 1.07. The number of nitrogens with zero attached hydrogens (tertiary/aromatic N) is 3. The maximum atomic E-state index is 13.2. The summed E-state index contributed by atoms with van der Waals surface area (Å²) < 4.78 is 4.91. The molecule has 11 nitrogen and oxygen atoms in total. The van der Waals surface area contributed by atoms with Gasteiger partial charge in [-0.2, -0.15) is 0 Å². The Bertz CT molecular complexity index is 1000. The molecule has 1 aromatic carbocycles. The van der Waals surface area contributed by atoms with Crippen LogP contribution in [0.5, 0.6) is 0 Å². The summed E-state index contributed by atoms with van der Waals surface area (Å²) in [6.45, 7) is 3.68. The first kappa shape index (κ1) is 25.6. The highest BCUT2D eigenvalue weighted by Crippen LogP contribution is 2.27. The highest BCUT2D eigenvalue weighted by molar-refractivity contribution is 8.13. The van der Waals surface area contributed by atoms with E-state index in [2.05, 4.69) is 5.43 Å². The zero-order valence-corrected chi connectivity index (χ0v) is 20.1. The van der Waals surface area contributed by atoms with Crippen molar-refractivity contribution < 1.29 is 28.8 Å². The Labute approximate surface area is 201 Å². The van der Waals surface area contributed by atoms with Crippen molar-refractivity contribution in [2.45, 2.75) is 51.7 Å². The molecule has 2 amide bonds. The van der Waals surface area contributed by atoms with Crippen LogP contribution in [-0.4, -0.2) is 69.2 Å². The van der Waals surface area contributed by atoms with Gasteiger partial charge in [0, 0.05) is 50.2 Å². The fourth-order valence-corrected chi connectivity index (χ4v) is 4.89. The first-order valence-electron chi connectivity index (χ1n) is 11.0. The monoisotopic (exact) mass is 492 g/mol. The van der Waals surface area contributed by atoms with Crippen LogP contribution in [0.15, 0.2) is 18.2 Å². The number of hydrogen-bond acceptors (Lipinski definition) is 9. The lowest BCUT2D eigenvalue weighted by Gasteiger charge is -2.36. The SMILES string of the molecule is COC(=O)C1Cc2ccc([N+](=O)[O-])cc2CN1NC(=O)[C@@H]1CCCN1C(=O)[C@H](C)CSC(C)=O. The topological polar surface area (TPSA) is 139 Å². The minimum absolute atomic E-state index is 0.0742. The van der Waals surface area contributed by atoms with Crippen molar-refractivity contribution in [1.29, 1.82) is 0 Å². The average Bonchev–Trinajstić information content (AvgIpc) is 3.30. The van der Waals surface area contributed by atoms with E-state index in [9.17, 15) is 29.3 Å². The van der Waals surface area contributed by atoms with Crippen LogP contribution in [0, 0.1) is 16.0 Å². The molecule has 1 unspecified atom stereocenters. The summed E-state index contributed by atoms with van der Waals surface area (Å²) in [5.74, 6) is -1.26. The Morgan fingerprint density at radius 1 is 1.26 bits per heavy atom. The molecule has 2 heterocycles. The maximum absolute atomic E-state index is 13.2. The number of methoxy groups -OCH3 is 1. The first-order chi connectivity index (χ1) is 16.1. The largest absolute Gasteiger partial charge is 0.468 e. The van der Waals surface area contributed by atoms with Gasteiger partial charge >= 0.3 is 5.97 Å². The van der Waals surface area contributed by atoms with Crippen molar-refractivity contribution in [3.63, 3.8) is 0 Å². The quantitative estimate of drug-likeness (QED) is 0.340. The van der Waals surface area contributed by atoms with Gasteiger partial charge in [0.05, 0.1) is 12.0 Å². The Hall–Kier alpha value is -2.99. The van der Waals surface area contributed by atoms with E-state index in [0.29, 0.717) is 30.7 Å². The fourth-order valence-electron chi connectivity index (χ4n) is 4.26. The molecule has 2 aliphatic heterocycles. The Kier molecular flexibility index (Phi) is 8.26. The van der Waals surface area contributed by atoms with Crippen molar-refractivity contribution in [1.82, 2.24) is 15.3 Å². The smallest absolute Gasteiger partial charge is 0.325 e. The number of esters is 1. The van der Waals surface area contributed by atoms with Gasteiger partial charge in [0.15, 0.2) is 5.12 Å². The summed E-state index contributed by atoms with van der Waals surface area (Å²) in [5.41, 5.74) is 4.08. The van der Waals surface area contributed by atoms with Crippen molar-refractivity contribution in [2.24, 2.45) is 5.92 Å². The van der Waals surface area contributed by atoms with Crippen LogP contribution in [-0.2, 0) is 36.9 Å². The lowest BCUT2D eigenvalue weighted by Crippen LogP contribution is -2.58. The molecule has 34 heavy (non-hydrogen) atoms. The number of benzene rings is 1. The van der Waals surface area contributed by atoms with E-state index < -0.39 is 34.8 Å². The second-order valence-electron chi connectivity index (χ2n) is 8.45. The molecule has 184 valence electrons. The molecule has 0 saturated carbocycles. The van der Waals surface area contributed by atoms with Crippen LogP contribution in [0.3, 0.4) is 0 Å². The number of hydrogen-bond donors (Lipinski definition) is 1. The number of non-ortho nitro benzene ring substituents is 1. The average molecular weight is 493 g/mol. The predicted octanol–water partition coefficient (Wildman–Crippen LogP) is 1.43. The third kappa shape index (κ3) is 5.73. The van der Waals surface area contributed by atoms with E-state index in [1.54, 1.807) is 13.0 Å². The summed E-state index contributed by atoms with van der Waals surface area (Å²) in [7, 11) is 1.26. The highest BCUT2D eigenvalue weighted by atomic mass is 32.2. The maximum Gasteiger partial charge on any atom is 0.325 e. The molecule has 12 heteroatoms. The number of fused-ring (bicyclic) bond motifs is 1. The Balaban J connectivity index is 1.76. The number of thioether (sulfide) groups is 1. The third-order valence-electron chi connectivity index (χ3n) is 6.05. The second kappa shape index (κ2) is 11.0. The predicted molar refractivity (Wildman–Crippen MR) is 123 cm³/mol. The summed E-state index contributed by atoms with van der Waals surface area (Å²) in [5, 5.41) is 12.5. The number of nitrogens with one attached hydrogen (secondary N) is 1. The number of hydrazine groups is 1. The van der Waals surface area contributed by atoms with E-state index in [-0.39, 0.29) is 29.7 Å². The number of rotatable bonds is 7. The summed E-state index contributed by atoms with van der Waals surface area (Å²) in [6.07, 6.45) is 1.35. The number of likely N-dealkylation sites (tertiary alicyclic amines) is 1. The lowest BCUT2D eigenvalue weighted by atomic mass is 9.94. The van der Waals surface area contributed by atoms with E-state index in [4.69, 9.17) is 4.74 Å². The van der Waals surface area contributed by atoms with Crippen molar-refractivity contribution >= 4 is 40.3 Å². The van der Waals surface area contributed by atoms with Gasteiger partial charge in [0.1, 0.15) is 12.1 Å². The van der Waals surface area contributed by atoms with Gasteiger partial charge in [-0.05, 0) is 24.0 Å². The normalized spacial score (nSPS) is 20.9. The number of nitro benzene ring substituents is 1. The van der Waals surface area contributed by atoms with Gasteiger partial charge in [-0.15, -0.1) is 0 Å². The van der Waals surface area contributed by atoms with Crippen LogP contribution in [0.25, 0.3) is 0 Å². The van der Waals surface area contributed by atoms with Crippen LogP contribution in [0.4, 0.5) is 5.69 Å². The minimum Gasteiger partial charge on any atom is -0.468 e. The zero-order chi connectivity index (χ0) is 25.0. The molecule has 3 atom stereocenters. The molecule has 0 spiro atoms. The van der Waals surface area contributed by atoms with Crippen molar-refractivity contribution in [2.75, 3.05) is 19.4 Å². The van der Waals surface area contributed by atoms with E-state index in [1.807, 2.05) is 0 Å². The van der Waals surface area contributed by atoms with Crippen LogP contribution < -0.4 is 5.43 Å². The molecule has 0 radical (unpaired) electrons. The van der Waals surface area contributed by atoms with Crippen LogP contribution in [0.1, 0.15) is 37.8 Å². The van der Waals surface area contributed by atoms with Crippen LogP contribution in [0.2, 0.25) is 0 Å². The Morgan fingerprint density at radius 3 is 2.65 bits per heavy atom. The molecule has 1 saturated heterocycles. The standard InChI is InChI=1S/C22H28N4O7S/c1-13(12-34-14(2)27)21(29)24-8-4-5-18(24)20(28)23-25-11-16-9-17(26(31)32)7-6-15(16)10-19(25)22(30)33-3/h6-7,9,13,18-19H,4-5,8,10-12H2,1-3H3,(H,23,28)/t13-,18+,19?/m1/s1. The lowest BCUT2D eigenvalue weighted by molar-refractivity contribution is -0.385. The zero-order valence-electron chi connectivity index (χ0n) is 19.3. The summed E-state index contributed by atoms with van der Waals surface area (Å²) in [6, 6.07) is 2.92. The molecule has 0 aromatic heterocycles. The number of amides is 2. The fraction of sp³-hybridized carbons (Fsp3) is 0.545. The van der Waals surface area contributed by atoms with Gasteiger partial charge < -0.3 is 9.64 Å². The Morgan fingerprint density at radius 2 is 2.00 bits per heavy atom. The van der Waals surface area contributed by atoms with Crippen molar-refractivity contribution in [3.8, 4) is 0 Å². The van der Waals surface area contributed by atoms with Gasteiger partial charge in [-0.25, -0.2) is 5.01 Å². The van der Waals surface area contributed by atoms with E-state index in [1.165, 1.54) is 36.1 Å². The number of carbonyl (C=O) groups is 4. The first-order valence-corrected chi connectivity index (χ1v) is 12.0. The molecular weight excluding hydrogens is 464 g/mol. The molecular formula is C22H28N4O7S. The molecule has 3 rings (SSSR count). The molecule has 0 bridgehead atoms. The van der Waals surface area contributed by atoms with Crippen LogP contribution >= 0.6 is 11.8 Å². The molecule has 1 aromatic rings. The minimum atomic E-state index is -0.806. The van der Waals surface area contributed by atoms with Gasteiger partial charge in [0.2, 0.25) is 5.91 Å². The number of carbonyl (C=O) groups excluding carboxylic acids is 4. The van der Waals surface area contributed by atoms with Gasteiger partial charge in [-0.3, -0.25) is 34.7 Å². The summed E-state index contributed by atoms with van der Waals surface area (Å²) in [4.78, 5) is 62.0. The van der Waals surface area contributed by atoms with Gasteiger partial charge in [0.25, 0.3) is 11.6 Å². The molecule has 1 N–H and O–H groups in total. The van der Waals surface area contributed by atoms with Gasteiger partial charge in [-0.1, -0.05) is 24.8 Å². The molecule has 1 fully saturated rings.